The summed E-state index contributed by atoms with van der Waals surface area (Å²) in [6.07, 6.45) is -14.7. The molecule has 56 heavy (non-hydrogen) atoms. The second-order valence-corrected chi connectivity index (χ2v) is 17.8. The first-order chi connectivity index (χ1) is 26.6. The Hall–Kier alpha value is -0.158. The van der Waals surface area contributed by atoms with Crippen molar-refractivity contribution < 1.29 is 77.4 Å². The molecule has 0 bridgehead atoms. The first-order valence-electron chi connectivity index (χ1n) is 19.7. The average Bonchev–Trinajstić information content (AvgIpc) is 3.19. The van der Waals surface area contributed by atoms with Crippen molar-refractivity contribution in [2.75, 3.05) is 19.8 Å². The van der Waals surface area contributed by atoms with Crippen LogP contribution < -0.4 is 0 Å². The zero-order valence-corrected chi connectivity index (χ0v) is 36.9. The summed E-state index contributed by atoms with van der Waals surface area (Å²) in [5.41, 5.74) is 1.15. The standard InChI is InChI=1S/C23H35O6.C15H28O10.Al.HI.H/c1-13-14(2)19(12-26-11-18-9-7-6-8-10-18)28-23(15(13)3)29-21-16(4)17(5)27-22(25)20(21)24;1-3-4-22-14-12(21)13(8(17)6(2)23-14)25-15-11(20)10(19)9(18)7(5-16)24-15;;;/h6-10,13-17,19-24H,11-12H2,1-5H3;6-21H,3-5H2,1-2H3;;1H;/q-1;;+2;;/p-1/t13?,14-,15?,16-,17?,19-,20?,21-,22+,23+;6?,7-,8-,9+,10?,11?,12?,13-,14+,15+;;;/m00.../s1. The zero-order valence-electron chi connectivity index (χ0n) is 33.4. The van der Waals surface area contributed by atoms with Crippen LogP contribution >= 0.6 is 20.3 Å². The van der Waals surface area contributed by atoms with E-state index in [9.17, 15) is 35.7 Å². The van der Waals surface area contributed by atoms with Gasteiger partial charge in [0, 0.05) is 18.4 Å². The van der Waals surface area contributed by atoms with Crippen molar-refractivity contribution in [1.82, 2.24) is 0 Å². The van der Waals surface area contributed by atoms with Gasteiger partial charge in [-0.1, -0.05) is 65.0 Å². The fraction of sp³-hybridized carbons (Fsp3) is 0.842. The number of benzene rings is 1. The van der Waals surface area contributed by atoms with Crippen molar-refractivity contribution in [2.45, 2.75) is 160 Å². The fourth-order valence-corrected chi connectivity index (χ4v) is 8.74. The molecular formula is C38H64AlIO16. The minimum atomic E-state index is -1.63. The van der Waals surface area contributed by atoms with Gasteiger partial charge in [0.15, 0.2) is 25.2 Å². The lowest BCUT2D eigenvalue weighted by Gasteiger charge is -2.48. The van der Waals surface area contributed by atoms with Crippen molar-refractivity contribution in [3.05, 3.63) is 35.9 Å². The van der Waals surface area contributed by atoms with Gasteiger partial charge in [-0.05, 0) is 37.7 Å². The molecule has 4 aliphatic rings. The van der Waals surface area contributed by atoms with E-state index < -0.39 is 105 Å². The highest BCUT2D eigenvalue weighted by molar-refractivity contribution is 14.1. The molecule has 1 aromatic carbocycles. The van der Waals surface area contributed by atoms with E-state index in [-0.39, 0.29) is 24.0 Å². The van der Waals surface area contributed by atoms with Crippen molar-refractivity contribution >= 4 is 32.5 Å². The fourth-order valence-electron chi connectivity index (χ4n) is 7.27. The quantitative estimate of drug-likeness (QED) is 0.101. The number of aliphatic hydroxyl groups excluding tert-OH is 7. The summed E-state index contributed by atoms with van der Waals surface area (Å²) in [4.78, 5) is 0. The Morgan fingerprint density at radius 2 is 1.25 bits per heavy atom. The van der Waals surface area contributed by atoms with E-state index in [4.69, 9.17) is 41.7 Å². The smallest absolute Gasteiger partial charge is 0.470 e. The lowest BCUT2D eigenvalue weighted by Crippen LogP contribution is -2.64. The van der Waals surface area contributed by atoms with Gasteiger partial charge in [0.1, 0.15) is 48.8 Å². The SMILES string of the molecule is CC1C(C)[C@H](C)[C@H](COCc2ccccc2)O[C@@H]1O[C@@H]1C(O)[C@H]([O][AlH][I])OC(C)[C@@H]1C.CCCO[C@@H]1OC(C)[C@H](O)[C@H](O[C@H]2O[C@@H](CO)[C@@H](O)C(O)C2O)C1O. The number of halogens is 1. The predicted octanol–water partition coefficient (Wildman–Crippen LogP) is 0.746. The number of rotatable bonds is 14. The molecule has 18 heteroatoms. The Kier molecular flexibility index (Phi) is 20.1. The van der Waals surface area contributed by atoms with Gasteiger partial charge in [0.05, 0.1) is 44.2 Å². The molecule has 322 valence electrons. The monoisotopic (exact) mass is 930 g/mol. The first kappa shape index (κ1) is 48.5. The highest BCUT2D eigenvalue weighted by atomic mass is 127. The molecule has 0 radical (unpaired) electrons. The van der Waals surface area contributed by atoms with Crippen LogP contribution in [0.1, 0.15) is 60.5 Å². The molecule has 4 aliphatic heterocycles. The van der Waals surface area contributed by atoms with Crippen LogP contribution in [-0.4, -0.2) is 166 Å². The van der Waals surface area contributed by atoms with Crippen LogP contribution in [0.4, 0.5) is 0 Å². The third-order valence-corrected chi connectivity index (χ3v) is 13.1. The number of ether oxygens (including phenoxy) is 8. The van der Waals surface area contributed by atoms with Crippen LogP contribution in [-0.2, 0) is 48.3 Å². The molecule has 1 aromatic rings. The molecule has 7 N–H and O–H groups in total. The summed E-state index contributed by atoms with van der Waals surface area (Å²) in [5.74, 6) is 0.991. The van der Waals surface area contributed by atoms with Crippen LogP contribution in [0.5, 0.6) is 0 Å². The number of hydrogen-bond acceptors (Lipinski definition) is 16. The predicted molar refractivity (Wildman–Crippen MR) is 210 cm³/mol. The molecule has 16 nitrogen and oxygen atoms in total. The molecular weight excluding hydrogens is 866 g/mol. The second-order valence-electron chi connectivity index (χ2n) is 15.4. The van der Waals surface area contributed by atoms with Gasteiger partial charge in [-0.25, -0.2) is 0 Å². The molecule has 0 aliphatic carbocycles. The Bertz CT molecular complexity index is 1260. The highest BCUT2D eigenvalue weighted by Crippen LogP contribution is 2.39. The Morgan fingerprint density at radius 1 is 0.625 bits per heavy atom. The number of aliphatic hydroxyl groups is 7. The minimum Gasteiger partial charge on any atom is -0.470 e. The van der Waals surface area contributed by atoms with Crippen LogP contribution in [0.25, 0.3) is 0 Å². The van der Waals surface area contributed by atoms with E-state index in [1.165, 1.54) is 0 Å². The topological polar surface area (TPSA) is 225 Å². The molecule has 5 rings (SSSR count). The maximum atomic E-state index is 10.9. The molecule has 8 unspecified atom stereocenters. The van der Waals surface area contributed by atoms with Crippen LogP contribution in [0, 0.1) is 23.7 Å². The van der Waals surface area contributed by atoms with E-state index in [1.54, 1.807) is 6.92 Å². The van der Waals surface area contributed by atoms with E-state index in [1.807, 2.05) is 32.0 Å². The van der Waals surface area contributed by atoms with E-state index in [2.05, 4.69) is 60.1 Å². The third-order valence-electron chi connectivity index (χ3n) is 11.5. The normalized spacial score (nSPS) is 44.4. The first-order valence-corrected chi connectivity index (χ1v) is 25.4. The van der Waals surface area contributed by atoms with Gasteiger partial charge >= 0.3 is 12.3 Å². The maximum Gasteiger partial charge on any atom is 0.527 e. The lowest BCUT2D eigenvalue weighted by molar-refractivity contribution is -0.357. The summed E-state index contributed by atoms with van der Waals surface area (Å²) in [5, 5.41) is 70.3. The molecule has 0 spiro atoms. The summed E-state index contributed by atoms with van der Waals surface area (Å²) in [6, 6.07) is 10.2. The van der Waals surface area contributed by atoms with Gasteiger partial charge in [-0.2, -0.15) is 20.3 Å². The summed E-state index contributed by atoms with van der Waals surface area (Å²) < 4.78 is 52.0. The van der Waals surface area contributed by atoms with Gasteiger partial charge < -0.3 is 77.4 Å². The third kappa shape index (κ3) is 12.2. The lowest BCUT2D eigenvalue weighted by atomic mass is 9.79. The van der Waals surface area contributed by atoms with E-state index in [0.29, 0.717) is 38.1 Å². The minimum absolute atomic E-state index is 0.0314. The van der Waals surface area contributed by atoms with Gasteiger partial charge in [0.25, 0.3) is 0 Å². The summed E-state index contributed by atoms with van der Waals surface area (Å²) >= 11 is 1.51. The Balaban J connectivity index is 0.000000255. The summed E-state index contributed by atoms with van der Waals surface area (Å²) in [6.45, 7) is 15.0. The highest BCUT2D eigenvalue weighted by Gasteiger charge is 2.51. The molecule has 0 amide bonds. The molecule has 20 atom stereocenters. The van der Waals surface area contributed by atoms with E-state index >= 15 is 0 Å². The Morgan fingerprint density at radius 3 is 1.89 bits per heavy atom. The molecule has 4 saturated heterocycles. The van der Waals surface area contributed by atoms with Crippen LogP contribution in [0.3, 0.4) is 0 Å². The average molecular weight is 931 g/mol. The Labute approximate surface area is 347 Å². The summed E-state index contributed by atoms with van der Waals surface area (Å²) in [7, 11) is 0. The van der Waals surface area contributed by atoms with Crippen LogP contribution in [0.15, 0.2) is 30.3 Å². The molecule has 0 saturated carbocycles. The van der Waals surface area contributed by atoms with Gasteiger partial charge in [-0.3, -0.25) is 0 Å². The van der Waals surface area contributed by atoms with Crippen molar-refractivity contribution in [1.29, 1.82) is 0 Å². The maximum absolute atomic E-state index is 10.9. The van der Waals surface area contributed by atoms with Gasteiger partial charge in [0.2, 0.25) is 0 Å². The van der Waals surface area contributed by atoms with Crippen molar-refractivity contribution in [3.8, 4) is 0 Å². The van der Waals surface area contributed by atoms with Crippen molar-refractivity contribution in [3.63, 3.8) is 0 Å². The van der Waals surface area contributed by atoms with Crippen LogP contribution in [0.2, 0.25) is 0 Å². The van der Waals surface area contributed by atoms with Gasteiger partial charge in [-0.15, -0.1) is 0 Å². The second kappa shape index (κ2) is 23.2. The van der Waals surface area contributed by atoms with E-state index in [0.717, 1.165) is 5.56 Å². The van der Waals surface area contributed by atoms with Crippen molar-refractivity contribution in [2.24, 2.45) is 23.7 Å². The molecule has 4 heterocycles. The zero-order chi connectivity index (χ0) is 41.3. The molecule has 4 fully saturated rings. The largest absolute Gasteiger partial charge is 0.527 e. The number of hydrogen-bond donors (Lipinski definition) is 7. The molecule has 0 aromatic heterocycles.